The van der Waals surface area contributed by atoms with Crippen LogP contribution in [-0.2, 0) is 0 Å². The standard InChI is InChI=1S/C12H20BN/c1-6-8-12(4,5)10(3)9-11(13)14-7-2/h7,9H,2,6,8H2,1,3-5H3/b10-9+,14-11?. The highest BCUT2D eigenvalue weighted by atomic mass is 14.7. The van der Waals surface area contributed by atoms with Crippen LogP contribution >= 0.6 is 0 Å². The minimum atomic E-state index is 0.204. The van der Waals surface area contributed by atoms with Crippen LogP contribution in [0.1, 0.15) is 40.5 Å². The number of nitrogens with zero attached hydrogens (tertiary/aromatic N) is 1. The number of rotatable bonds is 5. The van der Waals surface area contributed by atoms with Gasteiger partial charge in [0.25, 0.3) is 0 Å². The molecule has 0 saturated carbocycles. The molecule has 2 heteroatoms. The van der Waals surface area contributed by atoms with Crippen molar-refractivity contribution in [1.82, 2.24) is 0 Å². The number of allylic oxidation sites excluding steroid dienone is 2. The number of hydrogen-bond acceptors (Lipinski definition) is 1. The lowest BCUT2D eigenvalue weighted by Gasteiger charge is -2.25. The molecule has 0 bridgehead atoms. The molecule has 0 aliphatic heterocycles. The molecule has 0 aromatic carbocycles. The van der Waals surface area contributed by atoms with Gasteiger partial charge in [0.1, 0.15) is 7.85 Å². The lowest BCUT2D eigenvalue weighted by molar-refractivity contribution is 0.403. The Morgan fingerprint density at radius 1 is 1.50 bits per heavy atom. The Labute approximate surface area is 89.4 Å². The molecule has 0 fully saturated rings. The van der Waals surface area contributed by atoms with Gasteiger partial charge in [0.15, 0.2) is 0 Å². The van der Waals surface area contributed by atoms with E-state index in [2.05, 4.69) is 39.3 Å². The van der Waals surface area contributed by atoms with Gasteiger partial charge >= 0.3 is 0 Å². The molecule has 0 saturated heterocycles. The zero-order valence-corrected chi connectivity index (χ0v) is 9.80. The van der Waals surface area contributed by atoms with Gasteiger partial charge in [-0.1, -0.05) is 45.4 Å². The fourth-order valence-electron chi connectivity index (χ4n) is 1.38. The fourth-order valence-corrected chi connectivity index (χ4v) is 1.38. The van der Waals surface area contributed by atoms with Crippen LogP contribution in [0.2, 0.25) is 0 Å². The summed E-state index contributed by atoms with van der Waals surface area (Å²) in [6, 6.07) is 0. The van der Waals surface area contributed by atoms with Crippen molar-refractivity contribution in [2.75, 3.05) is 0 Å². The second-order valence-corrected chi connectivity index (χ2v) is 4.20. The van der Waals surface area contributed by atoms with Gasteiger partial charge in [0.05, 0.1) is 0 Å². The molecular weight excluding hydrogens is 169 g/mol. The molecule has 0 N–H and O–H groups in total. The van der Waals surface area contributed by atoms with E-state index in [0.29, 0.717) is 5.61 Å². The van der Waals surface area contributed by atoms with E-state index in [9.17, 15) is 0 Å². The Morgan fingerprint density at radius 2 is 2.07 bits per heavy atom. The fraction of sp³-hybridized carbons (Fsp3) is 0.583. The number of hydrogen-bond donors (Lipinski definition) is 0. The molecule has 0 aliphatic carbocycles. The van der Waals surface area contributed by atoms with E-state index in [1.165, 1.54) is 18.2 Å². The molecule has 0 heterocycles. The van der Waals surface area contributed by atoms with E-state index in [1.54, 1.807) is 0 Å². The first kappa shape index (κ1) is 13.2. The van der Waals surface area contributed by atoms with Gasteiger partial charge in [-0.2, -0.15) is 0 Å². The molecule has 0 atom stereocenters. The topological polar surface area (TPSA) is 12.4 Å². The van der Waals surface area contributed by atoms with Gasteiger partial charge in [-0.05, 0) is 24.4 Å². The molecule has 0 amide bonds. The second-order valence-electron chi connectivity index (χ2n) is 4.20. The molecular formula is C12H20BN. The van der Waals surface area contributed by atoms with Crippen LogP contribution in [0.3, 0.4) is 0 Å². The highest BCUT2D eigenvalue weighted by molar-refractivity contribution is 6.63. The molecule has 0 aromatic rings. The Kier molecular flexibility index (Phi) is 5.52. The molecule has 0 rings (SSSR count). The van der Waals surface area contributed by atoms with Gasteiger partial charge in [-0.15, -0.1) is 0 Å². The molecule has 76 valence electrons. The van der Waals surface area contributed by atoms with Crippen LogP contribution < -0.4 is 0 Å². The average Bonchev–Trinajstić information content (AvgIpc) is 2.04. The Bertz CT molecular complexity index is 249. The Hall–Kier alpha value is -0.785. The van der Waals surface area contributed by atoms with Gasteiger partial charge in [0, 0.05) is 6.20 Å². The lowest BCUT2D eigenvalue weighted by atomic mass is 9.79. The van der Waals surface area contributed by atoms with E-state index >= 15 is 0 Å². The first-order valence-corrected chi connectivity index (χ1v) is 5.07. The van der Waals surface area contributed by atoms with Crippen molar-refractivity contribution in [2.24, 2.45) is 10.4 Å². The Morgan fingerprint density at radius 3 is 2.50 bits per heavy atom. The third kappa shape index (κ3) is 4.45. The molecule has 1 nitrogen and oxygen atoms in total. The summed E-state index contributed by atoms with van der Waals surface area (Å²) in [6.45, 7) is 12.3. The van der Waals surface area contributed by atoms with Crippen LogP contribution in [-0.4, -0.2) is 13.5 Å². The zero-order valence-electron chi connectivity index (χ0n) is 9.80. The summed E-state index contributed by atoms with van der Waals surface area (Å²) in [5, 5.41) is 0. The van der Waals surface area contributed by atoms with Crippen molar-refractivity contribution in [3.63, 3.8) is 0 Å². The van der Waals surface area contributed by atoms with Crippen molar-refractivity contribution < 1.29 is 0 Å². The van der Waals surface area contributed by atoms with Gasteiger partial charge in [0.2, 0.25) is 0 Å². The van der Waals surface area contributed by atoms with Gasteiger partial charge in [-0.25, -0.2) is 0 Å². The van der Waals surface area contributed by atoms with Crippen molar-refractivity contribution in [1.29, 1.82) is 0 Å². The summed E-state index contributed by atoms with van der Waals surface area (Å²) in [4.78, 5) is 3.92. The van der Waals surface area contributed by atoms with E-state index in [4.69, 9.17) is 7.85 Å². The highest BCUT2D eigenvalue weighted by Gasteiger charge is 2.18. The third-order valence-electron chi connectivity index (χ3n) is 2.55. The Balaban J connectivity index is 4.66. The van der Waals surface area contributed by atoms with Crippen molar-refractivity contribution in [3.8, 4) is 0 Å². The lowest BCUT2D eigenvalue weighted by Crippen LogP contribution is -2.13. The summed E-state index contributed by atoms with van der Waals surface area (Å²) in [5.41, 5.74) is 2.00. The van der Waals surface area contributed by atoms with Crippen molar-refractivity contribution in [2.45, 2.75) is 40.5 Å². The van der Waals surface area contributed by atoms with Gasteiger partial charge < -0.3 is 0 Å². The van der Waals surface area contributed by atoms with Crippen LogP contribution in [0, 0.1) is 5.41 Å². The monoisotopic (exact) mass is 189 g/mol. The SMILES string of the molecule is [B]C(/C=C(\C)C(C)(C)CCC)=NC=C. The predicted molar refractivity (Wildman–Crippen MR) is 65.8 cm³/mol. The summed E-state index contributed by atoms with van der Waals surface area (Å²) in [5.74, 6) is 0. The maximum atomic E-state index is 5.68. The molecule has 2 radical (unpaired) electrons. The van der Waals surface area contributed by atoms with Gasteiger partial charge in [-0.3, -0.25) is 4.99 Å². The predicted octanol–water partition coefficient (Wildman–Crippen LogP) is 3.47. The number of aliphatic imine (C=N–C) groups is 1. The van der Waals surface area contributed by atoms with E-state index in [0.717, 1.165) is 6.42 Å². The normalized spacial score (nSPS) is 14.3. The average molecular weight is 189 g/mol. The van der Waals surface area contributed by atoms with Crippen LogP contribution in [0.5, 0.6) is 0 Å². The van der Waals surface area contributed by atoms with Crippen LogP contribution in [0.15, 0.2) is 29.4 Å². The molecule has 0 aromatic heterocycles. The molecule has 0 unspecified atom stereocenters. The van der Waals surface area contributed by atoms with E-state index in [-0.39, 0.29) is 5.41 Å². The maximum absolute atomic E-state index is 5.68. The smallest absolute Gasteiger partial charge is 0.141 e. The van der Waals surface area contributed by atoms with Crippen molar-refractivity contribution in [3.05, 3.63) is 24.4 Å². The third-order valence-corrected chi connectivity index (χ3v) is 2.55. The maximum Gasteiger partial charge on any atom is 0.141 e. The van der Waals surface area contributed by atoms with E-state index < -0.39 is 0 Å². The van der Waals surface area contributed by atoms with Crippen molar-refractivity contribution >= 4 is 13.5 Å². The van der Waals surface area contributed by atoms with E-state index in [1.807, 2.05) is 6.08 Å². The first-order chi connectivity index (χ1) is 6.44. The molecule has 14 heavy (non-hydrogen) atoms. The van der Waals surface area contributed by atoms with Crippen LogP contribution in [0.25, 0.3) is 0 Å². The minimum Gasteiger partial charge on any atom is -0.274 e. The highest BCUT2D eigenvalue weighted by Crippen LogP contribution is 2.30. The largest absolute Gasteiger partial charge is 0.274 e. The zero-order chi connectivity index (χ0) is 11.2. The summed E-state index contributed by atoms with van der Waals surface area (Å²) in [6.07, 6.45) is 5.73. The molecule has 0 spiro atoms. The minimum absolute atomic E-state index is 0.204. The summed E-state index contributed by atoms with van der Waals surface area (Å²) >= 11 is 0. The first-order valence-electron chi connectivity index (χ1n) is 5.07. The van der Waals surface area contributed by atoms with Crippen LogP contribution in [0.4, 0.5) is 0 Å². The second kappa shape index (κ2) is 5.84. The quantitative estimate of drug-likeness (QED) is 0.463. The summed E-state index contributed by atoms with van der Waals surface area (Å²) in [7, 11) is 5.68. The summed E-state index contributed by atoms with van der Waals surface area (Å²) < 4.78 is 0. The molecule has 0 aliphatic rings.